The molecule has 0 aliphatic heterocycles. The second-order valence-corrected chi connectivity index (χ2v) is 3.70. The van der Waals surface area contributed by atoms with Gasteiger partial charge in [0.1, 0.15) is 0 Å². The molecule has 1 saturated carbocycles. The predicted octanol–water partition coefficient (Wildman–Crippen LogP) is 2.03. The fourth-order valence-corrected chi connectivity index (χ4v) is 1.16. The smallest absolute Gasteiger partial charge is 0.422 e. The van der Waals surface area contributed by atoms with E-state index >= 15 is 0 Å². The summed E-state index contributed by atoms with van der Waals surface area (Å²) in [6, 6.07) is 0. The lowest BCUT2D eigenvalue weighted by atomic mass is 10.4. The maximum Gasteiger partial charge on any atom is 0.422 e. The molecule has 3 nitrogen and oxygen atoms in total. The number of amides is 1. The molecule has 0 unspecified atom stereocenters. The molecular weight excluding hydrogens is 223 g/mol. The van der Waals surface area contributed by atoms with E-state index in [1.54, 1.807) is 0 Å². The number of carbonyl (C=O) groups is 1. The van der Waals surface area contributed by atoms with Crippen LogP contribution in [0.25, 0.3) is 0 Å². The average Bonchev–Trinajstić information content (AvgIpc) is 2.96. The Labute approximate surface area is 91.5 Å². The molecule has 0 N–H and O–H groups in total. The maximum absolute atomic E-state index is 11.8. The third kappa shape index (κ3) is 4.91. The van der Waals surface area contributed by atoms with E-state index in [-0.39, 0.29) is 6.54 Å². The highest BCUT2D eigenvalue weighted by atomic mass is 19.4. The Hall–Kier alpha value is -1.38. The van der Waals surface area contributed by atoms with Crippen LogP contribution in [0.15, 0.2) is 0 Å². The fourth-order valence-electron chi connectivity index (χ4n) is 1.16. The maximum atomic E-state index is 11.8. The quantitative estimate of drug-likeness (QED) is 0.698. The van der Waals surface area contributed by atoms with Crippen LogP contribution in [0.1, 0.15) is 12.8 Å². The van der Waals surface area contributed by atoms with E-state index in [2.05, 4.69) is 10.7 Å². The number of terminal acetylenes is 1. The molecule has 6 heteroatoms. The summed E-state index contributed by atoms with van der Waals surface area (Å²) in [5.41, 5.74) is 0. The topological polar surface area (TPSA) is 29.5 Å². The zero-order valence-electron chi connectivity index (χ0n) is 8.59. The van der Waals surface area contributed by atoms with Crippen LogP contribution in [0.3, 0.4) is 0 Å². The predicted molar refractivity (Wildman–Crippen MR) is 50.5 cm³/mol. The lowest BCUT2D eigenvalue weighted by molar-refractivity contribution is -0.162. The van der Waals surface area contributed by atoms with Crippen LogP contribution in [-0.4, -0.2) is 36.9 Å². The van der Waals surface area contributed by atoms with E-state index in [1.165, 1.54) is 0 Å². The molecule has 1 aliphatic rings. The monoisotopic (exact) mass is 235 g/mol. The van der Waals surface area contributed by atoms with Crippen molar-refractivity contribution in [3.05, 3.63) is 0 Å². The van der Waals surface area contributed by atoms with E-state index < -0.39 is 18.9 Å². The highest BCUT2D eigenvalue weighted by molar-refractivity contribution is 5.68. The van der Waals surface area contributed by atoms with Gasteiger partial charge in [-0.3, -0.25) is 4.90 Å². The van der Waals surface area contributed by atoms with Gasteiger partial charge >= 0.3 is 12.3 Å². The van der Waals surface area contributed by atoms with Crippen molar-refractivity contribution in [2.75, 3.05) is 19.7 Å². The van der Waals surface area contributed by atoms with E-state index in [0.29, 0.717) is 12.5 Å². The molecule has 90 valence electrons. The Morgan fingerprint density at radius 2 is 2.12 bits per heavy atom. The van der Waals surface area contributed by atoms with Crippen molar-refractivity contribution in [3.8, 4) is 12.3 Å². The molecule has 0 bridgehead atoms. The lowest BCUT2D eigenvalue weighted by Crippen LogP contribution is -2.35. The van der Waals surface area contributed by atoms with Crippen molar-refractivity contribution >= 4 is 6.09 Å². The molecule has 0 aromatic heterocycles. The molecule has 0 aromatic carbocycles. The van der Waals surface area contributed by atoms with Crippen LogP contribution < -0.4 is 0 Å². The summed E-state index contributed by atoms with van der Waals surface area (Å²) in [4.78, 5) is 12.4. The summed E-state index contributed by atoms with van der Waals surface area (Å²) in [7, 11) is 0. The van der Waals surface area contributed by atoms with Gasteiger partial charge in [0, 0.05) is 6.54 Å². The van der Waals surface area contributed by atoms with Gasteiger partial charge in [0.15, 0.2) is 6.61 Å². The van der Waals surface area contributed by atoms with Crippen molar-refractivity contribution in [2.24, 2.45) is 5.92 Å². The number of carbonyl (C=O) groups excluding carboxylic acids is 1. The molecule has 1 fully saturated rings. The van der Waals surface area contributed by atoms with Gasteiger partial charge in [0.05, 0.1) is 6.54 Å². The van der Waals surface area contributed by atoms with Crippen molar-refractivity contribution in [1.29, 1.82) is 0 Å². The minimum Gasteiger partial charge on any atom is -0.440 e. The van der Waals surface area contributed by atoms with Crippen LogP contribution in [0.2, 0.25) is 0 Å². The highest BCUT2D eigenvalue weighted by Gasteiger charge is 2.32. The number of hydrogen-bond donors (Lipinski definition) is 0. The lowest BCUT2D eigenvalue weighted by Gasteiger charge is -2.19. The van der Waals surface area contributed by atoms with Gasteiger partial charge in [0.25, 0.3) is 0 Å². The van der Waals surface area contributed by atoms with Gasteiger partial charge in [0.2, 0.25) is 0 Å². The molecule has 0 atom stereocenters. The van der Waals surface area contributed by atoms with Crippen LogP contribution >= 0.6 is 0 Å². The largest absolute Gasteiger partial charge is 0.440 e. The Kier molecular flexibility index (Phi) is 4.05. The van der Waals surface area contributed by atoms with Crippen molar-refractivity contribution in [2.45, 2.75) is 19.0 Å². The van der Waals surface area contributed by atoms with Gasteiger partial charge in [-0.1, -0.05) is 5.92 Å². The zero-order valence-corrected chi connectivity index (χ0v) is 8.59. The first kappa shape index (κ1) is 12.7. The number of hydrogen-bond acceptors (Lipinski definition) is 2. The van der Waals surface area contributed by atoms with Gasteiger partial charge in [-0.15, -0.1) is 6.42 Å². The molecule has 0 aromatic rings. The molecule has 1 rings (SSSR count). The minimum absolute atomic E-state index is 0.0206. The van der Waals surface area contributed by atoms with Crippen LogP contribution in [0, 0.1) is 18.3 Å². The SMILES string of the molecule is C#CCN(CC1CC1)C(=O)OCC(F)(F)F. The number of ether oxygens (including phenoxy) is 1. The van der Waals surface area contributed by atoms with Gasteiger partial charge in [-0.05, 0) is 18.8 Å². The van der Waals surface area contributed by atoms with Gasteiger partial charge in [-0.2, -0.15) is 13.2 Å². The first-order valence-electron chi connectivity index (χ1n) is 4.84. The molecule has 16 heavy (non-hydrogen) atoms. The third-order valence-corrected chi connectivity index (χ3v) is 2.08. The molecule has 0 spiro atoms. The summed E-state index contributed by atoms with van der Waals surface area (Å²) in [6.45, 7) is -1.22. The van der Waals surface area contributed by atoms with Crippen molar-refractivity contribution in [3.63, 3.8) is 0 Å². The molecule has 1 amide bonds. The van der Waals surface area contributed by atoms with E-state index in [0.717, 1.165) is 17.7 Å². The molecule has 0 heterocycles. The molecule has 0 saturated heterocycles. The highest BCUT2D eigenvalue weighted by Crippen LogP contribution is 2.29. The van der Waals surface area contributed by atoms with Crippen LogP contribution in [0.4, 0.5) is 18.0 Å². The van der Waals surface area contributed by atoms with Crippen LogP contribution in [0.5, 0.6) is 0 Å². The summed E-state index contributed by atoms with van der Waals surface area (Å²) in [6.07, 6.45) is 1.48. The Morgan fingerprint density at radius 3 is 2.56 bits per heavy atom. The Balaban J connectivity index is 2.37. The third-order valence-electron chi connectivity index (χ3n) is 2.08. The summed E-state index contributed by atoms with van der Waals surface area (Å²) in [5.74, 6) is 2.58. The van der Waals surface area contributed by atoms with Crippen molar-refractivity contribution < 1.29 is 22.7 Å². The number of rotatable bonds is 4. The van der Waals surface area contributed by atoms with E-state index in [9.17, 15) is 18.0 Å². The number of alkyl halides is 3. The standard InChI is InChI=1S/C10H12F3NO2/c1-2-5-14(6-8-3-4-8)9(15)16-7-10(11,12)13/h1,8H,3-7H2. The second-order valence-electron chi connectivity index (χ2n) is 3.70. The number of nitrogens with zero attached hydrogens (tertiary/aromatic N) is 1. The van der Waals surface area contributed by atoms with Gasteiger partial charge < -0.3 is 4.74 Å². The van der Waals surface area contributed by atoms with Crippen LogP contribution in [-0.2, 0) is 4.74 Å². The number of halogens is 3. The molecular formula is C10H12F3NO2. The summed E-state index contributed by atoms with van der Waals surface area (Å²) in [5, 5.41) is 0. The van der Waals surface area contributed by atoms with Crippen molar-refractivity contribution in [1.82, 2.24) is 4.90 Å². The minimum atomic E-state index is -4.50. The summed E-state index contributed by atoms with van der Waals surface area (Å²) >= 11 is 0. The second kappa shape index (κ2) is 5.10. The summed E-state index contributed by atoms with van der Waals surface area (Å²) < 4.78 is 39.5. The Bertz CT molecular complexity index is 291. The molecule has 1 aliphatic carbocycles. The van der Waals surface area contributed by atoms with E-state index in [1.807, 2.05) is 0 Å². The first-order valence-corrected chi connectivity index (χ1v) is 4.84. The first-order chi connectivity index (χ1) is 7.42. The zero-order chi connectivity index (χ0) is 12.2. The molecule has 0 radical (unpaired) electrons. The normalized spacial score (nSPS) is 15.4. The Morgan fingerprint density at radius 1 is 1.50 bits per heavy atom. The fraction of sp³-hybridized carbons (Fsp3) is 0.700. The van der Waals surface area contributed by atoms with E-state index in [4.69, 9.17) is 6.42 Å². The van der Waals surface area contributed by atoms with Gasteiger partial charge in [-0.25, -0.2) is 4.79 Å². The average molecular weight is 235 g/mol.